The summed E-state index contributed by atoms with van der Waals surface area (Å²) in [5, 5.41) is 3.19. The minimum atomic E-state index is 0.132. The van der Waals surface area contributed by atoms with Gasteiger partial charge in [-0.15, -0.1) is 0 Å². The maximum atomic E-state index is 5.87. The molecule has 0 amide bonds. The maximum Gasteiger partial charge on any atom is 0.119 e. The summed E-state index contributed by atoms with van der Waals surface area (Å²) in [4.78, 5) is 0. The monoisotopic (exact) mass is 269 g/mol. The van der Waals surface area contributed by atoms with E-state index in [4.69, 9.17) is 4.74 Å². The summed E-state index contributed by atoms with van der Waals surface area (Å²) in [5.41, 5.74) is 2.58. The first-order valence-corrected chi connectivity index (χ1v) is 7.04. The summed E-state index contributed by atoms with van der Waals surface area (Å²) in [6.07, 6.45) is 0. The Kier molecular flexibility index (Phi) is 4.80. The van der Waals surface area contributed by atoms with E-state index >= 15 is 0 Å². The summed E-state index contributed by atoms with van der Waals surface area (Å²) < 4.78 is 5.87. The van der Waals surface area contributed by atoms with Crippen LogP contribution in [0.2, 0.25) is 0 Å². The highest BCUT2D eigenvalue weighted by Gasteiger charge is 2.17. The third-order valence-corrected chi connectivity index (χ3v) is 3.25. The van der Waals surface area contributed by atoms with Crippen molar-refractivity contribution in [2.24, 2.45) is 5.41 Å². The Morgan fingerprint density at radius 1 is 0.900 bits per heavy atom. The normalized spacial score (nSPS) is 11.3. The van der Waals surface area contributed by atoms with E-state index in [0.717, 1.165) is 12.3 Å². The number of benzene rings is 2. The Morgan fingerprint density at radius 2 is 1.50 bits per heavy atom. The smallest absolute Gasteiger partial charge is 0.119 e. The van der Waals surface area contributed by atoms with Gasteiger partial charge < -0.3 is 10.1 Å². The molecule has 0 aliphatic carbocycles. The van der Waals surface area contributed by atoms with Crippen molar-refractivity contribution in [2.75, 3.05) is 20.2 Å². The Balaban J connectivity index is 1.99. The van der Waals surface area contributed by atoms with E-state index in [1.54, 1.807) is 0 Å². The molecule has 2 rings (SSSR count). The maximum absolute atomic E-state index is 5.87. The van der Waals surface area contributed by atoms with Gasteiger partial charge in [-0.3, -0.25) is 0 Å². The predicted octanol–water partition coefficient (Wildman–Crippen LogP) is 3.98. The van der Waals surface area contributed by atoms with Crippen molar-refractivity contribution in [2.45, 2.75) is 13.8 Å². The first kappa shape index (κ1) is 14.6. The van der Waals surface area contributed by atoms with Crippen molar-refractivity contribution in [3.8, 4) is 16.9 Å². The minimum Gasteiger partial charge on any atom is -0.493 e. The van der Waals surface area contributed by atoms with E-state index < -0.39 is 0 Å². The summed E-state index contributed by atoms with van der Waals surface area (Å²) >= 11 is 0. The molecule has 2 aromatic carbocycles. The number of hydrogen-bond donors (Lipinski definition) is 1. The summed E-state index contributed by atoms with van der Waals surface area (Å²) in [6.45, 7) is 6.04. The van der Waals surface area contributed by atoms with Gasteiger partial charge in [0.2, 0.25) is 0 Å². The van der Waals surface area contributed by atoms with Crippen LogP contribution in [0.3, 0.4) is 0 Å². The molecule has 0 spiro atoms. The van der Waals surface area contributed by atoms with Crippen molar-refractivity contribution in [3.63, 3.8) is 0 Å². The molecule has 2 heteroatoms. The van der Waals surface area contributed by atoms with Gasteiger partial charge >= 0.3 is 0 Å². The Bertz CT molecular complexity index is 517. The molecule has 0 bridgehead atoms. The summed E-state index contributed by atoms with van der Waals surface area (Å²) in [7, 11) is 1.97. The van der Waals surface area contributed by atoms with Crippen LogP contribution in [0.15, 0.2) is 54.6 Å². The average molecular weight is 269 g/mol. The topological polar surface area (TPSA) is 21.3 Å². The van der Waals surface area contributed by atoms with Gasteiger partial charge in [0.15, 0.2) is 0 Å². The van der Waals surface area contributed by atoms with Crippen LogP contribution >= 0.6 is 0 Å². The zero-order valence-electron chi connectivity index (χ0n) is 12.5. The lowest BCUT2D eigenvalue weighted by molar-refractivity contribution is 0.179. The molecule has 0 saturated carbocycles. The third kappa shape index (κ3) is 4.10. The standard InChI is InChI=1S/C18H23NO/c1-18(2,13-19-3)14-20-17-11-9-16(10-12-17)15-7-5-4-6-8-15/h4-12,19H,13-14H2,1-3H3. The Labute approximate surface area is 121 Å². The molecule has 0 atom stereocenters. The van der Waals surface area contributed by atoms with Crippen molar-refractivity contribution in [1.82, 2.24) is 5.32 Å². The third-order valence-electron chi connectivity index (χ3n) is 3.25. The number of ether oxygens (including phenoxy) is 1. The van der Waals surface area contributed by atoms with Crippen LogP contribution in [0.5, 0.6) is 5.75 Å². The largest absolute Gasteiger partial charge is 0.493 e. The predicted molar refractivity (Wildman–Crippen MR) is 85.1 cm³/mol. The first-order chi connectivity index (χ1) is 9.61. The Morgan fingerprint density at radius 3 is 2.10 bits per heavy atom. The highest BCUT2D eigenvalue weighted by molar-refractivity contribution is 5.63. The quantitative estimate of drug-likeness (QED) is 0.856. The van der Waals surface area contributed by atoms with Crippen LogP contribution in [0.25, 0.3) is 11.1 Å². The van der Waals surface area contributed by atoms with Gasteiger partial charge in [-0.05, 0) is 30.3 Å². The second kappa shape index (κ2) is 6.58. The van der Waals surface area contributed by atoms with Gasteiger partial charge in [-0.1, -0.05) is 56.3 Å². The van der Waals surface area contributed by atoms with Gasteiger partial charge in [0.1, 0.15) is 5.75 Å². The van der Waals surface area contributed by atoms with E-state index in [0.29, 0.717) is 6.61 Å². The molecule has 0 aromatic heterocycles. The van der Waals surface area contributed by atoms with E-state index in [1.165, 1.54) is 11.1 Å². The molecule has 0 aliphatic heterocycles. The fraction of sp³-hybridized carbons (Fsp3) is 0.333. The average Bonchev–Trinajstić information content (AvgIpc) is 2.47. The SMILES string of the molecule is CNCC(C)(C)COc1ccc(-c2ccccc2)cc1. The molecule has 1 N–H and O–H groups in total. The summed E-state index contributed by atoms with van der Waals surface area (Å²) in [6, 6.07) is 18.7. The molecular formula is C18H23NO. The molecular weight excluding hydrogens is 246 g/mol. The van der Waals surface area contributed by atoms with Crippen LogP contribution < -0.4 is 10.1 Å². The minimum absolute atomic E-state index is 0.132. The first-order valence-electron chi connectivity index (χ1n) is 7.04. The van der Waals surface area contributed by atoms with E-state index in [9.17, 15) is 0 Å². The van der Waals surface area contributed by atoms with Crippen molar-refractivity contribution in [3.05, 3.63) is 54.6 Å². The fourth-order valence-electron chi connectivity index (χ4n) is 2.18. The lowest BCUT2D eigenvalue weighted by atomic mass is 9.95. The van der Waals surface area contributed by atoms with Gasteiger partial charge in [-0.25, -0.2) is 0 Å². The molecule has 0 aliphatic rings. The van der Waals surface area contributed by atoms with Crippen LogP contribution in [-0.4, -0.2) is 20.2 Å². The molecule has 2 nitrogen and oxygen atoms in total. The molecule has 0 fully saturated rings. The van der Waals surface area contributed by atoms with Crippen molar-refractivity contribution >= 4 is 0 Å². The molecule has 106 valence electrons. The number of nitrogens with one attached hydrogen (secondary N) is 1. The fourth-order valence-corrected chi connectivity index (χ4v) is 2.18. The molecule has 20 heavy (non-hydrogen) atoms. The second-order valence-electron chi connectivity index (χ2n) is 5.87. The van der Waals surface area contributed by atoms with Crippen LogP contribution in [0, 0.1) is 5.41 Å². The highest BCUT2D eigenvalue weighted by atomic mass is 16.5. The van der Waals surface area contributed by atoms with E-state index in [1.807, 2.05) is 25.2 Å². The lowest BCUT2D eigenvalue weighted by Gasteiger charge is -2.24. The molecule has 2 aromatic rings. The molecule has 0 unspecified atom stereocenters. The zero-order valence-corrected chi connectivity index (χ0v) is 12.5. The van der Waals surface area contributed by atoms with E-state index in [2.05, 4.69) is 55.6 Å². The molecule has 0 heterocycles. The summed E-state index contributed by atoms with van der Waals surface area (Å²) in [5.74, 6) is 0.925. The zero-order chi connectivity index (χ0) is 14.4. The van der Waals surface area contributed by atoms with E-state index in [-0.39, 0.29) is 5.41 Å². The molecule has 0 radical (unpaired) electrons. The van der Waals surface area contributed by atoms with Crippen LogP contribution in [-0.2, 0) is 0 Å². The lowest BCUT2D eigenvalue weighted by Crippen LogP contribution is -2.32. The molecule has 0 saturated heterocycles. The van der Waals surface area contributed by atoms with Gasteiger partial charge in [-0.2, -0.15) is 0 Å². The number of hydrogen-bond acceptors (Lipinski definition) is 2. The van der Waals surface area contributed by atoms with Gasteiger partial charge in [0.25, 0.3) is 0 Å². The number of rotatable bonds is 6. The Hall–Kier alpha value is -1.80. The van der Waals surface area contributed by atoms with Gasteiger partial charge in [0, 0.05) is 12.0 Å². The van der Waals surface area contributed by atoms with Crippen LogP contribution in [0.4, 0.5) is 0 Å². The second-order valence-corrected chi connectivity index (χ2v) is 5.87. The van der Waals surface area contributed by atoms with Crippen LogP contribution in [0.1, 0.15) is 13.8 Å². The highest BCUT2D eigenvalue weighted by Crippen LogP contribution is 2.23. The van der Waals surface area contributed by atoms with Crippen molar-refractivity contribution < 1.29 is 4.74 Å². The van der Waals surface area contributed by atoms with Gasteiger partial charge in [0.05, 0.1) is 6.61 Å². The van der Waals surface area contributed by atoms with Crippen molar-refractivity contribution in [1.29, 1.82) is 0 Å².